The van der Waals surface area contributed by atoms with Crippen LogP contribution in [0.25, 0.3) is 0 Å². The second kappa shape index (κ2) is 8.48. The van der Waals surface area contributed by atoms with Crippen LogP contribution >= 0.6 is 11.6 Å². The van der Waals surface area contributed by atoms with Crippen LogP contribution in [0.3, 0.4) is 0 Å². The fourth-order valence-electron chi connectivity index (χ4n) is 2.97. The molecule has 1 aliphatic rings. The summed E-state index contributed by atoms with van der Waals surface area (Å²) < 4.78 is 19.1. The number of nitrogens with one attached hydrogen (secondary N) is 1. The van der Waals surface area contributed by atoms with Crippen molar-refractivity contribution in [3.63, 3.8) is 0 Å². The Hall–Kier alpha value is -2.47. The van der Waals surface area contributed by atoms with Gasteiger partial charge in [0, 0.05) is 31.9 Å². The number of carbonyl (C=O) groups excluding carboxylic acids is 1. The molecule has 144 valence electrons. The van der Waals surface area contributed by atoms with Crippen LogP contribution in [0.2, 0.25) is 5.02 Å². The van der Waals surface area contributed by atoms with Gasteiger partial charge in [-0.2, -0.15) is 0 Å². The molecule has 0 spiro atoms. The highest BCUT2D eigenvalue weighted by Crippen LogP contribution is 2.26. The summed E-state index contributed by atoms with van der Waals surface area (Å²) in [6.07, 6.45) is 0.0223. The van der Waals surface area contributed by atoms with Crippen molar-refractivity contribution in [3.8, 4) is 5.75 Å². The first-order chi connectivity index (χ1) is 12.9. The smallest absolute Gasteiger partial charge is 0.322 e. The molecule has 1 N–H and O–H groups in total. The predicted octanol–water partition coefficient (Wildman–Crippen LogP) is 4.62. The number of hydrogen-bond acceptors (Lipinski definition) is 3. The van der Waals surface area contributed by atoms with Crippen LogP contribution in [0, 0.1) is 5.82 Å². The molecule has 27 heavy (non-hydrogen) atoms. The van der Waals surface area contributed by atoms with Crippen LogP contribution < -0.4 is 15.0 Å². The maximum Gasteiger partial charge on any atom is 0.322 e. The summed E-state index contributed by atoms with van der Waals surface area (Å²) >= 11 is 5.87. The molecule has 0 saturated carbocycles. The molecule has 0 radical (unpaired) electrons. The van der Waals surface area contributed by atoms with Gasteiger partial charge in [0.1, 0.15) is 11.6 Å². The summed E-state index contributed by atoms with van der Waals surface area (Å²) in [7, 11) is 0. The Morgan fingerprint density at radius 2 is 1.85 bits per heavy atom. The molecule has 0 aromatic heterocycles. The Kier molecular flexibility index (Phi) is 6.06. The SMILES string of the molecule is CC(C)Oc1ccccc1NC(=O)N1CCN(c2ccc(F)c(Cl)c2)CC1. The first kappa shape index (κ1) is 19.3. The van der Waals surface area contributed by atoms with E-state index in [-0.39, 0.29) is 17.2 Å². The van der Waals surface area contributed by atoms with Gasteiger partial charge < -0.3 is 19.9 Å². The van der Waals surface area contributed by atoms with Gasteiger partial charge in [-0.1, -0.05) is 23.7 Å². The Morgan fingerprint density at radius 3 is 2.52 bits per heavy atom. The van der Waals surface area contributed by atoms with Gasteiger partial charge in [0.15, 0.2) is 0 Å². The molecule has 0 unspecified atom stereocenters. The minimum Gasteiger partial charge on any atom is -0.489 e. The summed E-state index contributed by atoms with van der Waals surface area (Å²) in [5.74, 6) is 0.223. The highest BCUT2D eigenvalue weighted by molar-refractivity contribution is 6.31. The lowest BCUT2D eigenvalue weighted by Crippen LogP contribution is -2.50. The fourth-order valence-corrected chi connectivity index (χ4v) is 3.15. The van der Waals surface area contributed by atoms with Crippen LogP contribution in [0.5, 0.6) is 5.75 Å². The van der Waals surface area contributed by atoms with E-state index in [1.807, 2.05) is 38.1 Å². The van der Waals surface area contributed by atoms with E-state index in [4.69, 9.17) is 16.3 Å². The molecular weight excluding hydrogens is 369 g/mol. The number of anilines is 2. The van der Waals surface area contributed by atoms with E-state index in [1.165, 1.54) is 6.07 Å². The van der Waals surface area contributed by atoms with E-state index in [9.17, 15) is 9.18 Å². The quantitative estimate of drug-likeness (QED) is 0.827. The van der Waals surface area contributed by atoms with Crippen LogP contribution in [0.4, 0.5) is 20.6 Å². The van der Waals surface area contributed by atoms with Crippen molar-refractivity contribution in [1.82, 2.24) is 4.90 Å². The summed E-state index contributed by atoms with van der Waals surface area (Å²) in [5.41, 5.74) is 1.51. The third-order valence-electron chi connectivity index (χ3n) is 4.33. The van der Waals surface area contributed by atoms with Gasteiger partial charge >= 0.3 is 6.03 Å². The molecule has 1 fully saturated rings. The zero-order chi connectivity index (χ0) is 19.4. The van der Waals surface area contributed by atoms with Gasteiger partial charge in [0.05, 0.1) is 16.8 Å². The van der Waals surface area contributed by atoms with E-state index in [1.54, 1.807) is 17.0 Å². The van der Waals surface area contributed by atoms with Gasteiger partial charge in [-0.25, -0.2) is 9.18 Å². The van der Waals surface area contributed by atoms with Gasteiger partial charge in [0.25, 0.3) is 0 Å². The highest BCUT2D eigenvalue weighted by atomic mass is 35.5. The number of rotatable bonds is 4. The van der Waals surface area contributed by atoms with Crippen LogP contribution in [-0.4, -0.2) is 43.2 Å². The lowest BCUT2D eigenvalue weighted by atomic mass is 10.2. The molecule has 5 nitrogen and oxygen atoms in total. The topological polar surface area (TPSA) is 44.8 Å². The molecule has 1 heterocycles. The number of carbonyl (C=O) groups is 1. The second-order valence-electron chi connectivity index (χ2n) is 6.67. The predicted molar refractivity (Wildman–Crippen MR) is 106 cm³/mol. The molecule has 7 heteroatoms. The van der Waals surface area contributed by atoms with Crippen molar-refractivity contribution in [2.75, 3.05) is 36.4 Å². The third kappa shape index (κ3) is 4.83. The summed E-state index contributed by atoms with van der Waals surface area (Å²) in [4.78, 5) is 16.5. The normalized spacial score (nSPS) is 14.4. The number of amides is 2. The number of halogens is 2. The molecule has 2 aromatic carbocycles. The van der Waals surface area contributed by atoms with Gasteiger partial charge in [-0.3, -0.25) is 0 Å². The molecule has 2 amide bonds. The van der Waals surface area contributed by atoms with Crippen molar-refractivity contribution >= 4 is 29.0 Å². The van der Waals surface area contributed by atoms with Crippen molar-refractivity contribution in [2.24, 2.45) is 0 Å². The van der Waals surface area contributed by atoms with Crippen molar-refractivity contribution in [2.45, 2.75) is 20.0 Å². The number of urea groups is 1. The van der Waals surface area contributed by atoms with E-state index < -0.39 is 5.82 Å². The average molecular weight is 392 g/mol. The van der Waals surface area contributed by atoms with Crippen LogP contribution in [0.15, 0.2) is 42.5 Å². The summed E-state index contributed by atoms with van der Waals surface area (Å²) in [6.45, 7) is 6.32. The second-order valence-corrected chi connectivity index (χ2v) is 7.07. The first-order valence-corrected chi connectivity index (χ1v) is 9.33. The monoisotopic (exact) mass is 391 g/mol. The van der Waals surface area contributed by atoms with E-state index >= 15 is 0 Å². The Balaban J connectivity index is 1.60. The largest absolute Gasteiger partial charge is 0.489 e. The molecule has 1 aliphatic heterocycles. The highest BCUT2D eigenvalue weighted by Gasteiger charge is 2.22. The molecule has 0 aliphatic carbocycles. The molecule has 0 atom stereocenters. The minimum atomic E-state index is -0.430. The molecule has 3 rings (SSSR count). The van der Waals surface area contributed by atoms with Crippen molar-refractivity contribution in [1.29, 1.82) is 0 Å². The van der Waals surface area contributed by atoms with Gasteiger partial charge in [-0.05, 0) is 44.2 Å². The molecule has 1 saturated heterocycles. The number of hydrogen-bond donors (Lipinski definition) is 1. The molecule has 0 bridgehead atoms. The molecular formula is C20H23ClFN3O2. The van der Waals surface area contributed by atoms with Crippen LogP contribution in [-0.2, 0) is 0 Å². The standard InChI is InChI=1S/C20H23ClFN3O2/c1-14(2)27-19-6-4-3-5-18(19)23-20(26)25-11-9-24(10-12-25)15-7-8-17(22)16(21)13-15/h3-8,13-14H,9-12H2,1-2H3,(H,23,26). The number of ether oxygens (including phenoxy) is 1. The van der Waals surface area contributed by atoms with Gasteiger partial charge in [-0.15, -0.1) is 0 Å². The van der Waals surface area contributed by atoms with Crippen molar-refractivity contribution in [3.05, 3.63) is 53.3 Å². The maximum atomic E-state index is 13.3. The Bertz CT molecular complexity index is 808. The Labute approximate surface area is 163 Å². The first-order valence-electron chi connectivity index (χ1n) is 8.95. The lowest BCUT2D eigenvalue weighted by molar-refractivity contribution is 0.207. The third-order valence-corrected chi connectivity index (χ3v) is 4.62. The van der Waals surface area contributed by atoms with E-state index in [2.05, 4.69) is 10.2 Å². The number of benzene rings is 2. The zero-order valence-corrected chi connectivity index (χ0v) is 16.2. The fraction of sp³-hybridized carbons (Fsp3) is 0.350. The minimum absolute atomic E-state index is 0.0223. The summed E-state index contributed by atoms with van der Waals surface area (Å²) in [6, 6.07) is 11.9. The number of piperazine rings is 1. The number of para-hydroxylation sites is 2. The lowest BCUT2D eigenvalue weighted by Gasteiger charge is -2.36. The summed E-state index contributed by atoms with van der Waals surface area (Å²) in [5, 5.41) is 3.04. The van der Waals surface area contributed by atoms with Gasteiger partial charge in [0.2, 0.25) is 0 Å². The molecule has 2 aromatic rings. The maximum absolute atomic E-state index is 13.3. The van der Waals surface area contributed by atoms with E-state index in [0.717, 1.165) is 5.69 Å². The van der Waals surface area contributed by atoms with Crippen LogP contribution in [0.1, 0.15) is 13.8 Å². The van der Waals surface area contributed by atoms with E-state index in [0.29, 0.717) is 37.6 Å². The average Bonchev–Trinajstić information content (AvgIpc) is 2.65. The number of nitrogens with zero attached hydrogens (tertiary/aromatic N) is 2. The Morgan fingerprint density at radius 1 is 1.15 bits per heavy atom. The van der Waals surface area contributed by atoms with Crippen molar-refractivity contribution < 1.29 is 13.9 Å². The zero-order valence-electron chi connectivity index (χ0n) is 15.4.